The van der Waals surface area contributed by atoms with Crippen LogP contribution in [0.5, 0.6) is 0 Å². The van der Waals surface area contributed by atoms with Crippen LogP contribution in [0, 0.1) is 5.92 Å². The van der Waals surface area contributed by atoms with E-state index in [1.807, 2.05) is 19.1 Å². The maximum atomic E-state index is 12.4. The molecule has 0 spiro atoms. The van der Waals surface area contributed by atoms with E-state index in [0.29, 0.717) is 32.5 Å². The summed E-state index contributed by atoms with van der Waals surface area (Å²) < 4.78 is 42.9. The van der Waals surface area contributed by atoms with Crippen molar-refractivity contribution in [2.24, 2.45) is 5.92 Å². The van der Waals surface area contributed by atoms with Gasteiger partial charge in [-0.25, -0.2) is 0 Å². The predicted molar refractivity (Wildman–Crippen MR) is 68.1 cm³/mol. The van der Waals surface area contributed by atoms with Gasteiger partial charge in [-0.1, -0.05) is 6.92 Å². The highest BCUT2D eigenvalue weighted by molar-refractivity contribution is 5.07. The number of rotatable bonds is 4. The first-order valence-electron chi connectivity index (χ1n) is 6.95. The molecule has 1 saturated heterocycles. The van der Waals surface area contributed by atoms with Crippen molar-refractivity contribution in [1.29, 1.82) is 0 Å². The molecule has 1 N–H and O–H groups in total. The van der Waals surface area contributed by atoms with E-state index in [2.05, 4.69) is 4.90 Å². The lowest BCUT2D eigenvalue weighted by Crippen LogP contribution is -2.43. The summed E-state index contributed by atoms with van der Waals surface area (Å²) in [6.45, 7) is 3.74. The molecular formula is C14H20F3NO2. The Balaban J connectivity index is 1.82. The summed E-state index contributed by atoms with van der Waals surface area (Å²) in [7, 11) is 0. The van der Waals surface area contributed by atoms with Crippen LogP contribution >= 0.6 is 0 Å². The monoisotopic (exact) mass is 291 g/mol. The van der Waals surface area contributed by atoms with Crippen molar-refractivity contribution >= 4 is 0 Å². The van der Waals surface area contributed by atoms with E-state index in [1.165, 1.54) is 0 Å². The molecule has 114 valence electrons. The van der Waals surface area contributed by atoms with Gasteiger partial charge in [0.15, 0.2) is 6.10 Å². The fourth-order valence-corrected chi connectivity index (χ4v) is 2.61. The quantitative estimate of drug-likeness (QED) is 0.926. The number of furan rings is 1. The Morgan fingerprint density at radius 2 is 1.90 bits per heavy atom. The van der Waals surface area contributed by atoms with E-state index in [0.717, 1.165) is 17.9 Å². The summed E-state index contributed by atoms with van der Waals surface area (Å²) in [5.74, 6) is 1.08. The third-order valence-corrected chi connectivity index (χ3v) is 3.86. The van der Waals surface area contributed by atoms with E-state index in [1.54, 1.807) is 0 Å². The second kappa shape index (κ2) is 6.18. The molecule has 1 aliphatic rings. The molecule has 1 aromatic rings. The average molecular weight is 291 g/mol. The molecule has 2 rings (SSSR count). The fraction of sp³-hybridized carbons (Fsp3) is 0.714. The molecule has 1 fully saturated rings. The number of hydrogen-bond acceptors (Lipinski definition) is 3. The molecule has 1 unspecified atom stereocenters. The van der Waals surface area contributed by atoms with Crippen LogP contribution in [0.2, 0.25) is 0 Å². The zero-order valence-corrected chi connectivity index (χ0v) is 11.5. The van der Waals surface area contributed by atoms with Gasteiger partial charge in [0.25, 0.3) is 0 Å². The smallest absolute Gasteiger partial charge is 0.414 e. The summed E-state index contributed by atoms with van der Waals surface area (Å²) in [4.78, 5) is 2.07. The number of piperidine rings is 1. The maximum Gasteiger partial charge on any atom is 0.414 e. The lowest BCUT2D eigenvalue weighted by Gasteiger charge is -2.34. The molecule has 2 heterocycles. The number of aliphatic hydroxyl groups is 1. The van der Waals surface area contributed by atoms with Crippen molar-refractivity contribution < 1.29 is 22.7 Å². The third kappa shape index (κ3) is 3.76. The van der Waals surface area contributed by atoms with Gasteiger partial charge < -0.3 is 9.52 Å². The SMILES string of the molecule is CCc1ccc(CN2CCC(C(O)C(F)(F)F)CC2)o1. The Morgan fingerprint density at radius 3 is 2.40 bits per heavy atom. The zero-order valence-electron chi connectivity index (χ0n) is 11.5. The molecule has 20 heavy (non-hydrogen) atoms. The molecule has 0 aromatic carbocycles. The first-order chi connectivity index (χ1) is 9.40. The Labute approximate surface area is 116 Å². The molecular weight excluding hydrogens is 271 g/mol. The van der Waals surface area contributed by atoms with Gasteiger partial charge in [0.2, 0.25) is 0 Å². The lowest BCUT2D eigenvalue weighted by atomic mass is 9.91. The highest BCUT2D eigenvalue weighted by Gasteiger charge is 2.44. The first kappa shape index (κ1) is 15.4. The van der Waals surface area contributed by atoms with Crippen LogP contribution in [0.1, 0.15) is 31.3 Å². The van der Waals surface area contributed by atoms with E-state index < -0.39 is 18.2 Å². The summed E-state index contributed by atoms with van der Waals surface area (Å²) in [5.41, 5.74) is 0. The fourth-order valence-electron chi connectivity index (χ4n) is 2.61. The number of aliphatic hydroxyl groups excluding tert-OH is 1. The van der Waals surface area contributed by atoms with E-state index in [4.69, 9.17) is 4.42 Å². The van der Waals surface area contributed by atoms with Crippen molar-refractivity contribution in [3.8, 4) is 0 Å². The second-order valence-corrected chi connectivity index (χ2v) is 5.32. The highest BCUT2D eigenvalue weighted by atomic mass is 19.4. The van der Waals surface area contributed by atoms with E-state index >= 15 is 0 Å². The normalized spacial score (nSPS) is 20.2. The van der Waals surface area contributed by atoms with Crippen molar-refractivity contribution in [3.63, 3.8) is 0 Å². The molecule has 0 amide bonds. The number of hydrogen-bond donors (Lipinski definition) is 1. The van der Waals surface area contributed by atoms with Crippen molar-refractivity contribution in [2.45, 2.75) is 45.0 Å². The molecule has 6 heteroatoms. The molecule has 0 saturated carbocycles. The van der Waals surface area contributed by atoms with Crippen LogP contribution in [-0.4, -0.2) is 35.4 Å². The standard InChI is InChI=1S/C14H20F3NO2/c1-2-11-3-4-12(20-11)9-18-7-5-10(6-8-18)13(19)14(15,16)17/h3-4,10,13,19H,2,5-9H2,1H3. The number of halogens is 3. The largest absolute Gasteiger partial charge is 0.465 e. The topological polar surface area (TPSA) is 36.6 Å². The Kier molecular flexibility index (Phi) is 4.75. The number of nitrogens with zero attached hydrogens (tertiary/aromatic N) is 1. The molecule has 0 radical (unpaired) electrons. The van der Waals surface area contributed by atoms with Crippen molar-refractivity contribution in [1.82, 2.24) is 4.90 Å². The second-order valence-electron chi connectivity index (χ2n) is 5.32. The Morgan fingerprint density at radius 1 is 1.30 bits per heavy atom. The average Bonchev–Trinajstić information content (AvgIpc) is 2.85. The van der Waals surface area contributed by atoms with E-state index in [-0.39, 0.29) is 0 Å². The summed E-state index contributed by atoms with van der Waals surface area (Å²) in [5, 5.41) is 9.26. The third-order valence-electron chi connectivity index (χ3n) is 3.86. The lowest BCUT2D eigenvalue weighted by molar-refractivity contribution is -0.223. The van der Waals surface area contributed by atoms with Crippen molar-refractivity contribution in [2.75, 3.05) is 13.1 Å². The zero-order chi connectivity index (χ0) is 14.8. The van der Waals surface area contributed by atoms with Gasteiger partial charge in [-0.05, 0) is 44.0 Å². The van der Waals surface area contributed by atoms with Gasteiger partial charge in [-0.15, -0.1) is 0 Å². The number of likely N-dealkylation sites (tertiary alicyclic amines) is 1. The molecule has 1 aliphatic heterocycles. The van der Waals surface area contributed by atoms with Gasteiger partial charge in [0.05, 0.1) is 6.54 Å². The van der Waals surface area contributed by atoms with Crippen LogP contribution in [0.25, 0.3) is 0 Å². The first-order valence-corrected chi connectivity index (χ1v) is 6.95. The molecule has 0 bridgehead atoms. The Bertz CT molecular complexity index is 422. The van der Waals surface area contributed by atoms with Gasteiger partial charge in [0.1, 0.15) is 11.5 Å². The Hall–Kier alpha value is -1.01. The van der Waals surface area contributed by atoms with Crippen LogP contribution in [0.3, 0.4) is 0 Å². The van der Waals surface area contributed by atoms with Gasteiger partial charge in [-0.3, -0.25) is 4.90 Å². The predicted octanol–water partition coefficient (Wildman–Crippen LogP) is 2.98. The molecule has 1 atom stereocenters. The summed E-state index contributed by atoms with van der Waals surface area (Å²) in [6.07, 6.45) is -5.15. The van der Waals surface area contributed by atoms with Crippen LogP contribution in [0.4, 0.5) is 13.2 Å². The van der Waals surface area contributed by atoms with Gasteiger partial charge in [0, 0.05) is 6.42 Å². The summed E-state index contributed by atoms with van der Waals surface area (Å²) in [6, 6.07) is 3.84. The van der Waals surface area contributed by atoms with Crippen molar-refractivity contribution in [3.05, 3.63) is 23.7 Å². The minimum absolute atomic E-state index is 0.363. The summed E-state index contributed by atoms with van der Waals surface area (Å²) >= 11 is 0. The number of alkyl halides is 3. The molecule has 3 nitrogen and oxygen atoms in total. The van der Waals surface area contributed by atoms with Gasteiger partial charge in [-0.2, -0.15) is 13.2 Å². The minimum atomic E-state index is -4.51. The van der Waals surface area contributed by atoms with Crippen LogP contribution in [0.15, 0.2) is 16.5 Å². The van der Waals surface area contributed by atoms with Gasteiger partial charge >= 0.3 is 6.18 Å². The number of aryl methyl sites for hydroxylation is 1. The maximum absolute atomic E-state index is 12.4. The van der Waals surface area contributed by atoms with Crippen LogP contribution < -0.4 is 0 Å². The molecule has 0 aliphatic carbocycles. The van der Waals surface area contributed by atoms with Crippen LogP contribution in [-0.2, 0) is 13.0 Å². The van der Waals surface area contributed by atoms with E-state index in [9.17, 15) is 18.3 Å². The molecule has 1 aromatic heterocycles. The highest BCUT2D eigenvalue weighted by Crippen LogP contribution is 2.31. The minimum Gasteiger partial charge on any atom is -0.465 e.